The molecular weight excluding hydrogens is 158 g/mol. The van der Waals surface area contributed by atoms with Crippen molar-refractivity contribution in [3.8, 4) is 0 Å². The Bertz CT molecular complexity index is 138. The summed E-state index contributed by atoms with van der Waals surface area (Å²) in [6.07, 6.45) is 6.11. The van der Waals surface area contributed by atoms with E-state index < -0.39 is 0 Å². The smallest absolute Gasteiger partial charge is 0.0189 e. The third kappa shape index (κ3) is 6.83. The minimum absolute atomic E-state index is 1.16. The predicted octanol–water partition coefficient (Wildman–Crippen LogP) is 3.46. The second-order valence-electron chi connectivity index (χ2n) is 3.76. The third-order valence-electron chi connectivity index (χ3n) is 2.33. The summed E-state index contributed by atoms with van der Waals surface area (Å²) < 4.78 is 0. The van der Waals surface area contributed by atoms with E-state index in [0.29, 0.717) is 0 Å². The van der Waals surface area contributed by atoms with Gasteiger partial charge in [-0.15, -0.1) is 0 Å². The lowest BCUT2D eigenvalue weighted by molar-refractivity contribution is 0.291. The SMILES string of the molecule is C/C=C(/C)CN(CCC)CCCC. The quantitative estimate of drug-likeness (QED) is 0.546. The standard InChI is InChI=1S/C12H25N/c1-5-8-10-13(9-6-2)11-12(4)7-3/h7H,5-6,8-11H2,1-4H3/b12-7-. The molecule has 0 aliphatic carbocycles. The molecule has 0 heterocycles. The molecule has 0 amide bonds. The summed E-state index contributed by atoms with van der Waals surface area (Å²) >= 11 is 0. The molecule has 0 saturated carbocycles. The van der Waals surface area contributed by atoms with Gasteiger partial charge in [0.25, 0.3) is 0 Å². The van der Waals surface area contributed by atoms with Gasteiger partial charge >= 0.3 is 0 Å². The fourth-order valence-corrected chi connectivity index (χ4v) is 1.41. The van der Waals surface area contributed by atoms with Gasteiger partial charge in [-0.1, -0.05) is 31.9 Å². The van der Waals surface area contributed by atoms with Crippen molar-refractivity contribution < 1.29 is 0 Å². The van der Waals surface area contributed by atoms with E-state index in [1.165, 1.54) is 37.9 Å². The van der Waals surface area contributed by atoms with Crippen molar-refractivity contribution in [1.82, 2.24) is 4.90 Å². The molecule has 0 unspecified atom stereocenters. The Hall–Kier alpha value is -0.300. The Morgan fingerprint density at radius 1 is 1.15 bits per heavy atom. The molecule has 0 aromatic heterocycles. The van der Waals surface area contributed by atoms with Gasteiger partial charge < -0.3 is 0 Å². The summed E-state index contributed by atoms with van der Waals surface area (Å²) in [5, 5.41) is 0. The summed E-state index contributed by atoms with van der Waals surface area (Å²) in [5.41, 5.74) is 1.49. The monoisotopic (exact) mass is 183 g/mol. The number of hydrogen-bond acceptors (Lipinski definition) is 1. The summed E-state index contributed by atoms with van der Waals surface area (Å²) in [6, 6.07) is 0. The molecule has 78 valence electrons. The summed E-state index contributed by atoms with van der Waals surface area (Å²) in [5.74, 6) is 0. The van der Waals surface area contributed by atoms with Gasteiger partial charge in [-0.2, -0.15) is 0 Å². The van der Waals surface area contributed by atoms with Crippen molar-refractivity contribution in [3.05, 3.63) is 11.6 Å². The summed E-state index contributed by atoms with van der Waals surface area (Å²) in [4.78, 5) is 2.55. The van der Waals surface area contributed by atoms with Crippen molar-refractivity contribution in [2.45, 2.75) is 47.0 Å². The number of hydrogen-bond donors (Lipinski definition) is 0. The zero-order chi connectivity index (χ0) is 10.1. The first-order valence-electron chi connectivity index (χ1n) is 5.58. The molecule has 13 heavy (non-hydrogen) atoms. The van der Waals surface area contributed by atoms with Crippen LogP contribution in [0.1, 0.15) is 47.0 Å². The normalized spacial score (nSPS) is 12.5. The number of allylic oxidation sites excluding steroid dienone is 1. The van der Waals surface area contributed by atoms with Gasteiger partial charge in [-0.3, -0.25) is 4.90 Å². The molecule has 0 radical (unpaired) electrons. The van der Waals surface area contributed by atoms with Crippen LogP contribution in [0.5, 0.6) is 0 Å². The molecule has 0 saturated heterocycles. The number of nitrogens with zero attached hydrogens (tertiary/aromatic N) is 1. The molecule has 1 nitrogen and oxygen atoms in total. The highest BCUT2D eigenvalue weighted by atomic mass is 15.1. The second-order valence-corrected chi connectivity index (χ2v) is 3.76. The Morgan fingerprint density at radius 2 is 1.85 bits per heavy atom. The van der Waals surface area contributed by atoms with Gasteiger partial charge in [0.2, 0.25) is 0 Å². The molecule has 0 fully saturated rings. The van der Waals surface area contributed by atoms with Crippen LogP contribution in [-0.2, 0) is 0 Å². The van der Waals surface area contributed by atoms with Crippen LogP contribution in [0.15, 0.2) is 11.6 Å². The van der Waals surface area contributed by atoms with E-state index >= 15 is 0 Å². The minimum Gasteiger partial charge on any atom is -0.299 e. The van der Waals surface area contributed by atoms with E-state index in [1.807, 2.05) is 0 Å². The molecule has 0 aliphatic heterocycles. The van der Waals surface area contributed by atoms with Gasteiger partial charge in [0.15, 0.2) is 0 Å². The van der Waals surface area contributed by atoms with Crippen LogP contribution in [0.2, 0.25) is 0 Å². The second kappa shape index (κ2) is 8.31. The van der Waals surface area contributed by atoms with E-state index in [1.54, 1.807) is 0 Å². The van der Waals surface area contributed by atoms with Crippen molar-refractivity contribution in [1.29, 1.82) is 0 Å². The molecule has 0 N–H and O–H groups in total. The van der Waals surface area contributed by atoms with Crippen molar-refractivity contribution in [3.63, 3.8) is 0 Å². The maximum Gasteiger partial charge on any atom is 0.0189 e. The first-order chi connectivity index (χ1) is 6.24. The Balaban J connectivity index is 3.79. The van der Waals surface area contributed by atoms with Crippen molar-refractivity contribution in [2.24, 2.45) is 0 Å². The predicted molar refractivity (Wildman–Crippen MR) is 61.1 cm³/mol. The van der Waals surface area contributed by atoms with Gasteiger partial charge in [0, 0.05) is 6.54 Å². The molecule has 0 aromatic carbocycles. The molecule has 0 atom stereocenters. The van der Waals surface area contributed by atoms with Gasteiger partial charge in [-0.25, -0.2) is 0 Å². The van der Waals surface area contributed by atoms with E-state index in [2.05, 4.69) is 38.7 Å². The summed E-state index contributed by atoms with van der Waals surface area (Å²) in [7, 11) is 0. The van der Waals surface area contributed by atoms with E-state index in [-0.39, 0.29) is 0 Å². The Kier molecular flexibility index (Phi) is 8.11. The van der Waals surface area contributed by atoms with Crippen LogP contribution in [0, 0.1) is 0 Å². The van der Waals surface area contributed by atoms with Gasteiger partial charge in [0.05, 0.1) is 0 Å². The van der Waals surface area contributed by atoms with Crippen LogP contribution >= 0.6 is 0 Å². The maximum atomic E-state index is 2.55. The lowest BCUT2D eigenvalue weighted by Gasteiger charge is -2.21. The zero-order valence-corrected chi connectivity index (χ0v) is 9.77. The van der Waals surface area contributed by atoms with Crippen molar-refractivity contribution >= 4 is 0 Å². The molecule has 0 bridgehead atoms. The first-order valence-corrected chi connectivity index (χ1v) is 5.58. The number of unbranched alkanes of at least 4 members (excludes halogenated alkanes) is 1. The lowest BCUT2D eigenvalue weighted by Crippen LogP contribution is -2.27. The Morgan fingerprint density at radius 3 is 2.31 bits per heavy atom. The van der Waals surface area contributed by atoms with Crippen LogP contribution in [0.3, 0.4) is 0 Å². The largest absolute Gasteiger partial charge is 0.299 e. The molecule has 0 rings (SSSR count). The highest BCUT2D eigenvalue weighted by Gasteiger charge is 2.02. The topological polar surface area (TPSA) is 3.24 Å². The maximum absolute atomic E-state index is 2.55. The summed E-state index contributed by atoms with van der Waals surface area (Å²) in [6.45, 7) is 12.5. The fourth-order valence-electron chi connectivity index (χ4n) is 1.41. The van der Waals surface area contributed by atoms with Gasteiger partial charge in [-0.05, 0) is 39.8 Å². The van der Waals surface area contributed by atoms with Crippen molar-refractivity contribution in [2.75, 3.05) is 19.6 Å². The molecule has 1 heteroatoms. The number of rotatable bonds is 7. The highest BCUT2D eigenvalue weighted by Crippen LogP contribution is 2.02. The van der Waals surface area contributed by atoms with Crippen LogP contribution in [0.25, 0.3) is 0 Å². The molecular formula is C12H25N. The third-order valence-corrected chi connectivity index (χ3v) is 2.33. The lowest BCUT2D eigenvalue weighted by atomic mass is 10.2. The minimum atomic E-state index is 1.16. The van der Waals surface area contributed by atoms with Crippen LogP contribution in [0.4, 0.5) is 0 Å². The van der Waals surface area contributed by atoms with Gasteiger partial charge in [0.1, 0.15) is 0 Å². The Labute approximate surface area is 83.8 Å². The molecule has 0 spiro atoms. The van der Waals surface area contributed by atoms with E-state index in [4.69, 9.17) is 0 Å². The average Bonchev–Trinajstić information content (AvgIpc) is 2.14. The fraction of sp³-hybridized carbons (Fsp3) is 0.833. The average molecular weight is 183 g/mol. The highest BCUT2D eigenvalue weighted by molar-refractivity contribution is 4.98. The zero-order valence-electron chi connectivity index (χ0n) is 9.77. The molecule has 0 aromatic rings. The van der Waals surface area contributed by atoms with E-state index in [0.717, 1.165) is 6.54 Å². The van der Waals surface area contributed by atoms with E-state index in [9.17, 15) is 0 Å². The first kappa shape index (κ1) is 12.7. The van der Waals surface area contributed by atoms with Crippen LogP contribution < -0.4 is 0 Å². The van der Waals surface area contributed by atoms with Crippen LogP contribution in [-0.4, -0.2) is 24.5 Å². The molecule has 0 aliphatic rings.